The van der Waals surface area contributed by atoms with E-state index in [2.05, 4.69) is 15.8 Å². The summed E-state index contributed by atoms with van der Waals surface area (Å²) in [4.78, 5) is 0. The third-order valence-corrected chi connectivity index (χ3v) is 1.73. The van der Waals surface area contributed by atoms with Crippen molar-refractivity contribution in [2.24, 2.45) is 5.10 Å². The average molecular weight is 197 g/mol. The molecule has 0 aliphatic rings. The molecular weight excluding hydrogens is 186 g/mol. The van der Waals surface area contributed by atoms with E-state index in [1.54, 1.807) is 13.3 Å². The zero-order chi connectivity index (χ0) is 9.68. The number of rotatable bonds is 2. The van der Waals surface area contributed by atoms with Crippen LogP contribution < -0.4 is 10.7 Å². The van der Waals surface area contributed by atoms with Crippen LogP contribution in [-0.2, 0) is 0 Å². The van der Waals surface area contributed by atoms with E-state index in [0.717, 1.165) is 11.5 Å². The Kier molecular flexibility index (Phi) is 3.45. The molecule has 0 fully saturated rings. The van der Waals surface area contributed by atoms with Gasteiger partial charge >= 0.3 is 0 Å². The van der Waals surface area contributed by atoms with Gasteiger partial charge in [-0.2, -0.15) is 5.10 Å². The lowest BCUT2D eigenvalue weighted by Crippen LogP contribution is -2.29. The van der Waals surface area contributed by atoms with Gasteiger partial charge in [-0.3, -0.25) is 5.43 Å². The molecule has 1 aromatic rings. The summed E-state index contributed by atoms with van der Waals surface area (Å²) in [7, 11) is 1.73. The molecule has 1 rings (SSSR count). The Balaban J connectivity index is 2.57. The molecule has 13 heavy (non-hydrogen) atoms. The van der Waals surface area contributed by atoms with Gasteiger partial charge in [-0.25, -0.2) is 0 Å². The highest BCUT2D eigenvalue weighted by molar-refractivity contribution is 7.80. The van der Waals surface area contributed by atoms with Crippen LogP contribution in [0.5, 0.6) is 0 Å². The monoisotopic (exact) mass is 197 g/mol. The van der Waals surface area contributed by atoms with E-state index in [1.165, 1.54) is 0 Å². The second kappa shape index (κ2) is 4.61. The van der Waals surface area contributed by atoms with Crippen LogP contribution in [0.25, 0.3) is 0 Å². The van der Waals surface area contributed by atoms with Gasteiger partial charge in [0.15, 0.2) is 5.11 Å². The SMILES string of the molecule is CNC(=S)NN=C(C)c1ccco1. The third kappa shape index (κ3) is 2.87. The molecule has 0 unspecified atom stereocenters. The zero-order valence-electron chi connectivity index (χ0n) is 7.50. The summed E-state index contributed by atoms with van der Waals surface area (Å²) < 4.78 is 5.13. The maximum absolute atomic E-state index is 5.13. The minimum absolute atomic E-state index is 0.478. The summed E-state index contributed by atoms with van der Waals surface area (Å²) in [5, 5.41) is 7.23. The van der Waals surface area contributed by atoms with Crippen molar-refractivity contribution in [3.63, 3.8) is 0 Å². The number of thiocarbonyl (C=S) groups is 1. The topological polar surface area (TPSA) is 49.6 Å². The van der Waals surface area contributed by atoms with Crippen molar-refractivity contribution in [1.82, 2.24) is 10.7 Å². The normalized spacial score (nSPS) is 11.1. The quantitative estimate of drug-likeness (QED) is 0.423. The molecule has 1 aromatic heterocycles. The van der Waals surface area contributed by atoms with Gasteiger partial charge in [-0.05, 0) is 31.3 Å². The van der Waals surface area contributed by atoms with E-state index in [0.29, 0.717) is 5.11 Å². The van der Waals surface area contributed by atoms with Crippen LogP contribution in [-0.4, -0.2) is 17.9 Å². The van der Waals surface area contributed by atoms with Crippen molar-refractivity contribution in [2.45, 2.75) is 6.92 Å². The average Bonchev–Trinajstić information content (AvgIpc) is 2.66. The largest absolute Gasteiger partial charge is 0.463 e. The Morgan fingerprint density at radius 2 is 2.38 bits per heavy atom. The fraction of sp³-hybridized carbons (Fsp3) is 0.250. The van der Waals surface area contributed by atoms with Gasteiger partial charge in [-0.15, -0.1) is 0 Å². The summed E-state index contributed by atoms with van der Waals surface area (Å²) in [6, 6.07) is 3.65. The van der Waals surface area contributed by atoms with Gasteiger partial charge in [0.05, 0.1) is 6.26 Å². The summed E-state index contributed by atoms with van der Waals surface area (Å²) in [5.74, 6) is 0.728. The zero-order valence-corrected chi connectivity index (χ0v) is 8.31. The smallest absolute Gasteiger partial charge is 0.186 e. The van der Waals surface area contributed by atoms with Crippen molar-refractivity contribution < 1.29 is 4.42 Å². The van der Waals surface area contributed by atoms with Crippen LogP contribution in [0.3, 0.4) is 0 Å². The van der Waals surface area contributed by atoms with Crippen molar-refractivity contribution in [2.75, 3.05) is 7.05 Å². The van der Waals surface area contributed by atoms with Crippen LogP contribution >= 0.6 is 12.2 Å². The van der Waals surface area contributed by atoms with Crippen molar-refractivity contribution >= 4 is 23.0 Å². The molecule has 0 aliphatic heterocycles. The van der Waals surface area contributed by atoms with Crippen molar-refractivity contribution in [1.29, 1.82) is 0 Å². The first kappa shape index (κ1) is 9.73. The van der Waals surface area contributed by atoms with Crippen molar-refractivity contribution in [3.8, 4) is 0 Å². The Morgan fingerprint density at radius 1 is 1.62 bits per heavy atom. The Bertz CT molecular complexity index is 305. The molecule has 4 nitrogen and oxygen atoms in total. The van der Waals surface area contributed by atoms with E-state index < -0.39 is 0 Å². The molecule has 1 heterocycles. The number of hydrazone groups is 1. The van der Waals surface area contributed by atoms with Crippen molar-refractivity contribution in [3.05, 3.63) is 24.2 Å². The van der Waals surface area contributed by atoms with Crippen LogP contribution in [0, 0.1) is 0 Å². The minimum Gasteiger partial charge on any atom is -0.463 e. The van der Waals surface area contributed by atoms with Crippen LogP contribution in [0.4, 0.5) is 0 Å². The highest BCUT2D eigenvalue weighted by Crippen LogP contribution is 2.00. The fourth-order valence-corrected chi connectivity index (χ4v) is 0.776. The number of hydrogen-bond donors (Lipinski definition) is 2. The van der Waals surface area contributed by atoms with Crippen LogP contribution in [0.1, 0.15) is 12.7 Å². The minimum atomic E-state index is 0.478. The molecule has 0 saturated carbocycles. The second-order valence-electron chi connectivity index (χ2n) is 2.37. The van der Waals surface area contributed by atoms with E-state index in [9.17, 15) is 0 Å². The molecule has 0 amide bonds. The van der Waals surface area contributed by atoms with E-state index in [4.69, 9.17) is 16.6 Å². The molecule has 0 bridgehead atoms. The van der Waals surface area contributed by atoms with Gasteiger partial charge in [0.1, 0.15) is 11.5 Å². The fourth-order valence-electron chi connectivity index (χ4n) is 0.730. The first-order valence-electron chi connectivity index (χ1n) is 3.80. The number of hydrogen-bond acceptors (Lipinski definition) is 3. The number of nitrogens with zero attached hydrogens (tertiary/aromatic N) is 1. The van der Waals surface area contributed by atoms with Gasteiger partial charge < -0.3 is 9.73 Å². The first-order valence-corrected chi connectivity index (χ1v) is 4.20. The molecule has 0 radical (unpaired) electrons. The molecule has 5 heteroatoms. The third-order valence-electron chi connectivity index (χ3n) is 1.43. The molecule has 70 valence electrons. The Hall–Kier alpha value is -1.36. The highest BCUT2D eigenvalue weighted by Gasteiger charge is 1.98. The molecule has 0 atom stereocenters. The molecule has 0 spiro atoms. The van der Waals surface area contributed by atoms with Gasteiger partial charge in [0.25, 0.3) is 0 Å². The maximum Gasteiger partial charge on any atom is 0.186 e. The van der Waals surface area contributed by atoms with Gasteiger partial charge in [0, 0.05) is 7.05 Å². The summed E-state index contributed by atoms with van der Waals surface area (Å²) in [5.41, 5.74) is 3.42. The second-order valence-corrected chi connectivity index (χ2v) is 2.77. The summed E-state index contributed by atoms with van der Waals surface area (Å²) in [6.45, 7) is 1.84. The lowest BCUT2D eigenvalue weighted by molar-refractivity contribution is 0.556. The predicted molar refractivity (Wildman–Crippen MR) is 55.7 cm³/mol. The van der Waals surface area contributed by atoms with Crippen LogP contribution in [0.15, 0.2) is 27.9 Å². The van der Waals surface area contributed by atoms with E-state index in [1.807, 2.05) is 19.1 Å². The lowest BCUT2D eigenvalue weighted by Gasteiger charge is -2.01. The lowest BCUT2D eigenvalue weighted by atomic mass is 10.3. The van der Waals surface area contributed by atoms with E-state index in [-0.39, 0.29) is 0 Å². The summed E-state index contributed by atoms with van der Waals surface area (Å²) in [6.07, 6.45) is 1.60. The predicted octanol–water partition coefficient (Wildman–Crippen LogP) is 1.10. The first-order chi connectivity index (χ1) is 6.24. The van der Waals surface area contributed by atoms with Gasteiger partial charge in [-0.1, -0.05) is 0 Å². The standard InChI is InChI=1S/C8H11N3OS/c1-6(7-4-3-5-12-7)10-11-8(13)9-2/h3-5H,1-2H3,(H2,9,11,13). The highest BCUT2D eigenvalue weighted by atomic mass is 32.1. The molecular formula is C8H11N3OS. The molecule has 0 aromatic carbocycles. The maximum atomic E-state index is 5.13. The molecule has 0 saturated heterocycles. The Labute approximate surface area is 82.0 Å². The van der Waals surface area contributed by atoms with Gasteiger partial charge in [0.2, 0.25) is 0 Å². The number of furan rings is 1. The Morgan fingerprint density at radius 3 is 2.92 bits per heavy atom. The summed E-state index contributed by atoms with van der Waals surface area (Å²) >= 11 is 4.84. The number of nitrogens with one attached hydrogen (secondary N) is 2. The molecule has 2 N–H and O–H groups in total. The van der Waals surface area contributed by atoms with Crippen LogP contribution in [0.2, 0.25) is 0 Å². The molecule has 0 aliphatic carbocycles. The van der Waals surface area contributed by atoms with E-state index >= 15 is 0 Å².